The van der Waals surface area contributed by atoms with Gasteiger partial charge in [-0.15, -0.1) is 0 Å². The predicted molar refractivity (Wildman–Crippen MR) is 68.9 cm³/mol. The van der Waals surface area contributed by atoms with E-state index in [-0.39, 0.29) is 23.3 Å². The van der Waals surface area contributed by atoms with Crippen molar-refractivity contribution in [2.75, 3.05) is 0 Å². The standard InChI is InChI=1S/C15H19F2NO/c16-10-5-4-6-11(17)14(10)19-13-9-12(18)15(13)7-2-1-3-8-15/h4-6,12-13H,1-3,7-9,18H2. The largest absolute Gasteiger partial charge is 0.484 e. The van der Waals surface area contributed by atoms with Gasteiger partial charge < -0.3 is 10.5 Å². The first kappa shape index (κ1) is 12.9. The van der Waals surface area contributed by atoms with E-state index in [4.69, 9.17) is 10.5 Å². The molecule has 0 amide bonds. The fourth-order valence-corrected chi connectivity index (χ4v) is 3.58. The smallest absolute Gasteiger partial charge is 0.191 e. The molecule has 2 aliphatic rings. The van der Waals surface area contributed by atoms with Crippen molar-refractivity contribution in [2.45, 2.75) is 50.7 Å². The van der Waals surface area contributed by atoms with Gasteiger partial charge >= 0.3 is 0 Å². The number of nitrogens with two attached hydrogens (primary N) is 1. The topological polar surface area (TPSA) is 35.2 Å². The lowest BCUT2D eigenvalue weighted by molar-refractivity contribution is -0.0925. The maximum Gasteiger partial charge on any atom is 0.191 e. The zero-order valence-electron chi connectivity index (χ0n) is 10.9. The molecule has 4 heteroatoms. The fourth-order valence-electron chi connectivity index (χ4n) is 3.58. The van der Waals surface area contributed by atoms with Crippen LogP contribution in [0.5, 0.6) is 5.75 Å². The number of hydrogen-bond acceptors (Lipinski definition) is 2. The van der Waals surface area contributed by atoms with E-state index in [1.807, 2.05) is 0 Å². The molecule has 0 heterocycles. The summed E-state index contributed by atoms with van der Waals surface area (Å²) in [5.74, 6) is -1.51. The highest BCUT2D eigenvalue weighted by molar-refractivity contribution is 5.27. The van der Waals surface area contributed by atoms with Gasteiger partial charge in [0.15, 0.2) is 17.4 Å². The molecule has 1 aromatic rings. The summed E-state index contributed by atoms with van der Waals surface area (Å²) in [4.78, 5) is 0. The summed E-state index contributed by atoms with van der Waals surface area (Å²) in [6.07, 6.45) is 6.04. The molecular weight excluding hydrogens is 248 g/mol. The molecule has 0 aliphatic heterocycles. The summed E-state index contributed by atoms with van der Waals surface area (Å²) >= 11 is 0. The average molecular weight is 267 g/mol. The number of halogens is 2. The molecule has 0 radical (unpaired) electrons. The van der Waals surface area contributed by atoms with Gasteiger partial charge in [-0.05, 0) is 25.0 Å². The van der Waals surface area contributed by atoms with Gasteiger partial charge in [0.25, 0.3) is 0 Å². The van der Waals surface area contributed by atoms with Crippen LogP contribution in [0.2, 0.25) is 0 Å². The highest BCUT2D eigenvalue weighted by Gasteiger charge is 2.55. The van der Waals surface area contributed by atoms with Crippen molar-refractivity contribution in [3.63, 3.8) is 0 Å². The maximum absolute atomic E-state index is 13.6. The predicted octanol–water partition coefficient (Wildman–Crippen LogP) is 3.39. The van der Waals surface area contributed by atoms with Gasteiger partial charge in [-0.25, -0.2) is 8.78 Å². The minimum Gasteiger partial charge on any atom is -0.484 e. The van der Waals surface area contributed by atoms with Crippen LogP contribution in [0.1, 0.15) is 38.5 Å². The number of hydrogen-bond donors (Lipinski definition) is 1. The molecule has 2 atom stereocenters. The van der Waals surface area contributed by atoms with E-state index in [9.17, 15) is 8.78 Å². The highest BCUT2D eigenvalue weighted by atomic mass is 19.1. The Balaban J connectivity index is 1.80. The number of ether oxygens (including phenoxy) is 1. The second-order valence-electron chi connectivity index (χ2n) is 5.79. The van der Waals surface area contributed by atoms with E-state index >= 15 is 0 Å². The Morgan fingerprint density at radius 3 is 2.32 bits per heavy atom. The van der Waals surface area contributed by atoms with Crippen LogP contribution in [0.25, 0.3) is 0 Å². The van der Waals surface area contributed by atoms with Crippen molar-refractivity contribution >= 4 is 0 Å². The van der Waals surface area contributed by atoms with Crippen LogP contribution in [0.15, 0.2) is 18.2 Å². The Bertz CT molecular complexity index is 451. The van der Waals surface area contributed by atoms with Crippen LogP contribution < -0.4 is 10.5 Å². The number of benzene rings is 1. The van der Waals surface area contributed by atoms with E-state index in [0.717, 1.165) is 25.7 Å². The Morgan fingerprint density at radius 1 is 1.11 bits per heavy atom. The van der Waals surface area contributed by atoms with Crippen molar-refractivity contribution in [1.82, 2.24) is 0 Å². The number of para-hydroxylation sites is 1. The van der Waals surface area contributed by atoms with Gasteiger partial charge in [-0.3, -0.25) is 0 Å². The third-order valence-corrected chi connectivity index (χ3v) is 4.81. The van der Waals surface area contributed by atoms with Crippen LogP contribution in [-0.2, 0) is 0 Å². The monoisotopic (exact) mass is 267 g/mol. The number of rotatable bonds is 2. The summed E-state index contributed by atoms with van der Waals surface area (Å²) in [5, 5.41) is 0. The van der Waals surface area contributed by atoms with Crippen molar-refractivity contribution in [3.05, 3.63) is 29.8 Å². The zero-order valence-corrected chi connectivity index (χ0v) is 10.9. The summed E-state index contributed by atoms with van der Waals surface area (Å²) in [7, 11) is 0. The lowest BCUT2D eigenvalue weighted by atomic mass is 9.55. The van der Waals surface area contributed by atoms with Gasteiger partial charge in [-0.1, -0.05) is 25.3 Å². The van der Waals surface area contributed by atoms with E-state index in [0.29, 0.717) is 6.42 Å². The molecule has 1 aromatic carbocycles. The van der Waals surface area contributed by atoms with E-state index in [1.54, 1.807) is 0 Å². The Hall–Kier alpha value is -1.16. The van der Waals surface area contributed by atoms with E-state index in [1.165, 1.54) is 24.6 Å². The van der Waals surface area contributed by atoms with Gasteiger partial charge in [0, 0.05) is 17.9 Å². The van der Waals surface area contributed by atoms with Crippen LogP contribution >= 0.6 is 0 Å². The van der Waals surface area contributed by atoms with E-state index in [2.05, 4.69) is 0 Å². The molecule has 19 heavy (non-hydrogen) atoms. The lowest BCUT2D eigenvalue weighted by Gasteiger charge is -2.56. The summed E-state index contributed by atoms with van der Waals surface area (Å²) in [6.45, 7) is 0. The zero-order chi connectivity index (χ0) is 13.5. The molecule has 0 saturated heterocycles. The fraction of sp³-hybridized carbons (Fsp3) is 0.600. The van der Waals surface area contributed by atoms with Crippen LogP contribution in [0.3, 0.4) is 0 Å². The Labute approximate surface area is 111 Å². The molecule has 2 nitrogen and oxygen atoms in total. The van der Waals surface area contributed by atoms with Crippen molar-refractivity contribution < 1.29 is 13.5 Å². The molecule has 2 aliphatic carbocycles. The maximum atomic E-state index is 13.6. The summed E-state index contributed by atoms with van der Waals surface area (Å²) in [6, 6.07) is 3.91. The Kier molecular flexibility index (Phi) is 3.21. The first-order valence-corrected chi connectivity index (χ1v) is 7.00. The molecule has 0 bridgehead atoms. The molecule has 2 N–H and O–H groups in total. The van der Waals surface area contributed by atoms with Crippen LogP contribution in [-0.4, -0.2) is 12.1 Å². The third kappa shape index (κ3) is 2.02. The van der Waals surface area contributed by atoms with Crippen molar-refractivity contribution in [2.24, 2.45) is 11.1 Å². The quantitative estimate of drug-likeness (QED) is 0.891. The van der Waals surface area contributed by atoms with Crippen molar-refractivity contribution in [3.8, 4) is 5.75 Å². The van der Waals surface area contributed by atoms with Gasteiger partial charge in [0.05, 0.1) is 0 Å². The van der Waals surface area contributed by atoms with Crippen LogP contribution in [0, 0.1) is 17.0 Å². The summed E-state index contributed by atoms with van der Waals surface area (Å²) < 4.78 is 32.9. The van der Waals surface area contributed by atoms with Crippen LogP contribution in [0.4, 0.5) is 8.78 Å². The minimum absolute atomic E-state index is 0.0625. The second-order valence-corrected chi connectivity index (χ2v) is 5.79. The van der Waals surface area contributed by atoms with E-state index < -0.39 is 11.6 Å². The molecule has 3 rings (SSSR count). The molecule has 2 saturated carbocycles. The average Bonchev–Trinajstić information content (AvgIpc) is 2.43. The second kappa shape index (κ2) is 4.75. The molecule has 0 aromatic heterocycles. The van der Waals surface area contributed by atoms with Crippen molar-refractivity contribution in [1.29, 1.82) is 0 Å². The Morgan fingerprint density at radius 2 is 1.74 bits per heavy atom. The third-order valence-electron chi connectivity index (χ3n) is 4.81. The normalized spacial score (nSPS) is 29.0. The molecule has 2 fully saturated rings. The first-order valence-electron chi connectivity index (χ1n) is 7.00. The first-order chi connectivity index (χ1) is 9.13. The summed E-state index contributed by atoms with van der Waals surface area (Å²) in [5.41, 5.74) is 6.08. The molecule has 1 spiro atoms. The van der Waals surface area contributed by atoms with Gasteiger partial charge in [0.1, 0.15) is 6.10 Å². The molecule has 2 unspecified atom stereocenters. The highest BCUT2D eigenvalue weighted by Crippen LogP contribution is 2.52. The van der Waals surface area contributed by atoms with Gasteiger partial charge in [0.2, 0.25) is 0 Å². The lowest BCUT2D eigenvalue weighted by Crippen LogP contribution is -2.64. The molecular formula is C15H19F2NO. The SMILES string of the molecule is NC1CC(Oc2c(F)cccc2F)C12CCCCC2. The molecule has 104 valence electrons. The van der Waals surface area contributed by atoms with Gasteiger partial charge in [-0.2, -0.15) is 0 Å². The minimum atomic E-state index is -0.633.